The maximum absolute atomic E-state index is 12.5. The number of likely N-dealkylation sites (N-methyl/N-ethyl adjacent to an activating group) is 1. The van der Waals surface area contributed by atoms with Gasteiger partial charge in [-0.25, -0.2) is 0 Å². The van der Waals surface area contributed by atoms with E-state index in [4.69, 9.17) is 5.26 Å². The first-order valence-corrected chi connectivity index (χ1v) is 10.0. The third-order valence-corrected chi connectivity index (χ3v) is 5.93. The number of hydrogen-bond acceptors (Lipinski definition) is 5. The molecule has 0 aromatic heterocycles. The van der Waals surface area contributed by atoms with E-state index >= 15 is 0 Å². The van der Waals surface area contributed by atoms with Crippen LogP contribution >= 0.6 is 0 Å². The average Bonchev–Trinajstić information content (AvgIpc) is 2.72. The molecule has 146 valence electrons. The van der Waals surface area contributed by atoms with Gasteiger partial charge in [0, 0.05) is 37.9 Å². The van der Waals surface area contributed by atoms with Crippen molar-refractivity contribution in [1.29, 1.82) is 5.26 Å². The van der Waals surface area contributed by atoms with Crippen molar-refractivity contribution >= 4 is 11.6 Å². The fraction of sp³-hybridized carbons (Fsp3) is 0.619. The summed E-state index contributed by atoms with van der Waals surface area (Å²) >= 11 is 0. The molecule has 6 nitrogen and oxygen atoms in total. The molecule has 3 rings (SSSR count). The molecule has 1 N–H and O–H groups in total. The van der Waals surface area contributed by atoms with Crippen molar-refractivity contribution in [2.45, 2.75) is 38.3 Å². The van der Waals surface area contributed by atoms with Crippen LogP contribution in [0.3, 0.4) is 0 Å². The van der Waals surface area contributed by atoms with Gasteiger partial charge in [0.15, 0.2) is 0 Å². The van der Waals surface area contributed by atoms with Crippen molar-refractivity contribution in [1.82, 2.24) is 15.1 Å². The predicted molar refractivity (Wildman–Crippen MR) is 108 cm³/mol. The second kappa shape index (κ2) is 9.20. The smallest absolute Gasteiger partial charge is 0.238 e. The average molecular weight is 370 g/mol. The molecule has 0 bridgehead atoms. The maximum Gasteiger partial charge on any atom is 0.238 e. The van der Waals surface area contributed by atoms with Gasteiger partial charge in [-0.15, -0.1) is 0 Å². The molecule has 2 saturated heterocycles. The molecule has 0 spiro atoms. The van der Waals surface area contributed by atoms with Gasteiger partial charge in [0.1, 0.15) is 6.54 Å². The summed E-state index contributed by atoms with van der Waals surface area (Å²) in [5, 5.41) is 11.5. The van der Waals surface area contributed by atoms with Gasteiger partial charge in [0.25, 0.3) is 0 Å². The van der Waals surface area contributed by atoms with Gasteiger partial charge < -0.3 is 15.1 Å². The van der Waals surface area contributed by atoms with E-state index in [0.29, 0.717) is 0 Å². The summed E-state index contributed by atoms with van der Waals surface area (Å²) in [4.78, 5) is 19.6. The Morgan fingerprint density at radius 2 is 1.89 bits per heavy atom. The summed E-state index contributed by atoms with van der Waals surface area (Å²) in [6.45, 7) is 7.53. The lowest BCUT2D eigenvalue weighted by atomic mass is 9.96. The van der Waals surface area contributed by atoms with Crippen molar-refractivity contribution < 1.29 is 4.79 Å². The van der Waals surface area contributed by atoms with Crippen LogP contribution in [0, 0.1) is 11.3 Å². The zero-order valence-corrected chi connectivity index (χ0v) is 16.5. The zero-order valence-electron chi connectivity index (χ0n) is 16.5. The molecule has 27 heavy (non-hydrogen) atoms. The summed E-state index contributed by atoms with van der Waals surface area (Å²) in [6.07, 6.45) is 3.04. The van der Waals surface area contributed by atoms with E-state index in [-0.39, 0.29) is 24.5 Å². The van der Waals surface area contributed by atoms with E-state index in [1.807, 2.05) is 6.07 Å². The number of carbonyl (C=O) groups excluding carboxylic acids is 1. The minimum Gasteiger partial charge on any atom is -0.369 e. The van der Waals surface area contributed by atoms with Crippen LogP contribution in [0.2, 0.25) is 0 Å². The Bertz CT molecular complexity index is 660. The third-order valence-electron chi connectivity index (χ3n) is 5.93. The van der Waals surface area contributed by atoms with Crippen LogP contribution < -0.4 is 10.2 Å². The number of hydrogen-bond donors (Lipinski definition) is 1. The Morgan fingerprint density at radius 3 is 2.56 bits per heavy atom. The second-order valence-electron chi connectivity index (χ2n) is 7.68. The fourth-order valence-corrected chi connectivity index (χ4v) is 4.16. The quantitative estimate of drug-likeness (QED) is 0.805. The van der Waals surface area contributed by atoms with Crippen LogP contribution in [0.25, 0.3) is 0 Å². The number of nitrogens with one attached hydrogen (secondary N) is 1. The number of piperazine rings is 1. The van der Waals surface area contributed by atoms with Crippen molar-refractivity contribution in [3.63, 3.8) is 0 Å². The van der Waals surface area contributed by atoms with E-state index in [1.54, 1.807) is 0 Å². The molecule has 2 unspecified atom stereocenters. The number of likely N-dealkylation sites (tertiary alicyclic amines) is 1. The molecule has 0 saturated carbocycles. The monoisotopic (exact) mass is 369 g/mol. The molecule has 1 aromatic carbocycles. The number of carbonyl (C=O) groups is 1. The van der Waals surface area contributed by atoms with E-state index in [0.717, 1.165) is 52.0 Å². The van der Waals surface area contributed by atoms with Crippen LogP contribution in [0.15, 0.2) is 24.3 Å². The van der Waals surface area contributed by atoms with Crippen molar-refractivity contribution in [3.8, 4) is 6.07 Å². The van der Waals surface area contributed by atoms with Gasteiger partial charge in [-0.3, -0.25) is 9.69 Å². The van der Waals surface area contributed by atoms with Gasteiger partial charge in [-0.1, -0.05) is 18.6 Å². The molecule has 1 aromatic rings. The van der Waals surface area contributed by atoms with Gasteiger partial charge >= 0.3 is 0 Å². The highest BCUT2D eigenvalue weighted by atomic mass is 16.2. The lowest BCUT2D eigenvalue weighted by Gasteiger charge is -2.39. The molecule has 2 heterocycles. The molecule has 2 fully saturated rings. The first-order valence-electron chi connectivity index (χ1n) is 10.0. The molecule has 0 aliphatic carbocycles. The summed E-state index contributed by atoms with van der Waals surface area (Å²) < 4.78 is 0. The van der Waals surface area contributed by atoms with E-state index in [9.17, 15) is 4.79 Å². The summed E-state index contributed by atoms with van der Waals surface area (Å²) in [5.41, 5.74) is 2.52. The molecule has 6 heteroatoms. The van der Waals surface area contributed by atoms with E-state index in [1.165, 1.54) is 11.3 Å². The Hall–Kier alpha value is -2.10. The second-order valence-corrected chi connectivity index (χ2v) is 7.68. The minimum absolute atomic E-state index is 0.0165. The lowest BCUT2D eigenvalue weighted by Crippen LogP contribution is -2.50. The Kier molecular flexibility index (Phi) is 6.70. The van der Waals surface area contributed by atoms with Crippen molar-refractivity contribution in [2.24, 2.45) is 0 Å². The van der Waals surface area contributed by atoms with E-state index < -0.39 is 0 Å². The van der Waals surface area contributed by atoms with Crippen LogP contribution in [-0.2, 0) is 4.79 Å². The largest absolute Gasteiger partial charge is 0.369 e. The number of nitriles is 1. The number of anilines is 1. The molecule has 1 amide bonds. The van der Waals surface area contributed by atoms with Crippen molar-refractivity contribution in [3.05, 3.63) is 29.8 Å². The maximum atomic E-state index is 12.5. The third kappa shape index (κ3) is 4.79. The standard InChI is InChI=1S/C21H31N5O/c1-17(26-12-4-3-5-20(26)21(27)23-11-10-22)18-6-8-19(9-7-18)25-15-13-24(2)14-16-25/h6-9,17,20H,3-5,11-16H2,1-2H3,(H,23,27). The van der Waals surface area contributed by atoms with Crippen LogP contribution in [-0.4, -0.2) is 68.1 Å². The molecule has 2 aliphatic heterocycles. The van der Waals surface area contributed by atoms with E-state index in [2.05, 4.69) is 58.3 Å². The van der Waals surface area contributed by atoms with Gasteiger partial charge in [0.2, 0.25) is 5.91 Å². The highest BCUT2D eigenvalue weighted by Crippen LogP contribution is 2.30. The molecule has 2 aliphatic rings. The van der Waals surface area contributed by atoms with Crippen LogP contribution in [0.4, 0.5) is 5.69 Å². The number of amides is 1. The van der Waals surface area contributed by atoms with Gasteiger partial charge in [-0.2, -0.15) is 5.26 Å². The van der Waals surface area contributed by atoms with Crippen LogP contribution in [0.1, 0.15) is 37.8 Å². The summed E-state index contributed by atoms with van der Waals surface area (Å²) in [5.74, 6) is -0.0165. The number of rotatable bonds is 5. The number of piperidine rings is 1. The molecular weight excluding hydrogens is 338 g/mol. The molecule has 2 atom stereocenters. The summed E-state index contributed by atoms with van der Waals surface area (Å²) in [7, 11) is 2.17. The highest BCUT2D eigenvalue weighted by Gasteiger charge is 2.32. The van der Waals surface area contributed by atoms with Crippen LogP contribution in [0.5, 0.6) is 0 Å². The SMILES string of the molecule is CC(c1ccc(N2CCN(C)CC2)cc1)N1CCCCC1C(=O)NCC#N. The molecular formula is C21H31N5O. The first-order chi connectivity index (χ1) is 13.1. The topological polar surface area (TPSA) is 62.6 Å². The first kappa shape index (κ1) is 19.7. The highest BCUT2D eigenvalue weighted by molar-refractivity contribution is 5.82. The normalized spacial score (nSPS) is 22.9. The Balaban J connectivity index is 1.67. The summed E-state index contributed by atoms with van der Waals surface area (Å²) in [6, 6.07) is 10.9. The number of nitrogens with zero attached hydrogens (tertiary/aromatic N) is 4. The number of benzene rings is 1. The Labute approximate surface area is 162 Å². The molecule has 0 radical (unpaired) electrons. The minimum atomic E-state index is -0.139. The zero-order chi connectivity index (χ0) is 19.2. The lowest BCUT2D eigenvalue weighted by molar-refractivity contribution is -0.128. The van der Waals surface area contributed by atoms with Crippen molar-refractivity contribution in [2.75, 3.05) is 51.2 Å². The fourth-order valence-electron chi connectivity index (χ4n) is 4.16. The Morgan fingerprint density at radius 1 is 1.19 bits per heavy atom. The van der Waals surface area contributed by atoms with Gasteiger partial charge in [-0.05, 0) is 51.1 Å². The predicted octanol–water partition coefficient (Wildman–Crippen LogP) is 1.99. The van der Waals surface area contributed by atoms with Gasteiger partial charge in [0.05, 0.1) is 12.1 Å².